The van der Waals surface area contributed by atoms with Gasteiger partial charge in [0.05, 0.1) is 0 Å². The van der Waals surface area contributed by atoms with E-state index in [4.69, 9.17) is 10.2 Å². The second kappa shape index (κ2) is 4.77. The molecular formula is C11H14O3. The molecule has 76 valence electrons. The highest BCUT2D eigenvalue weighted by Crippen LogP contribution is 2.19. The summed E-state index contributed by atoms with van der Waals surface area (Å²) in [6.07, 6.45) is -1.02. The van der Waals surface area contributed by atoms with Gasteiger partial charge in [-0.2, -0.15) is 0 Å². The number of carboxylic acids is 1. The average molecular weight is 194 g/mol. The van der Waals surface area contributed by atoms with E-state index in [9.17, 15) is 4.79 Å². The van der Waals surface area contributed by atoms with Crippen molar-refractivity contribution in [3.63, 3.8) is 0 Å². The Kier molecular flexibility index (Phi) is 3.65. The van der Waals surface area contributed by atoms with Crippen LogP contribution in [0.2, 0.25) is 0 Å². The molecular weight excluding hydrogens is 180 g/mol. The third-order valence-electron chi connectivity index (χ3n) is 2.23. The zero-order chi connectivity index (χ0) is 10.6. The fourth-order valence-corrected chi connectivity index (χ4v) is 1.35. The molecule has 0 heterocycles. The van der Waals surface area contributed by atoms with Crippen molar-refractivity contribution < 1.29 is 15.0 Å². The number of aliphatic hydroxyl groups is 1. The molecule has 0 amide bonds. The van der Waals surface area contributed by atoms with E-state index in [0.717, 1.165) is 5.56 Å². The van der Waals surface area contributed by atoms with Gasteiger partial charge in [0.2, 0.25) is 0 Å². The Hall–Kier alpha value is -1.35. The van der Waals surface area contributed by atoms with Crippen LogP contribution in [0.15, 0.2) is 30.3 Å². The maximum Gasteiger partial charge on any atom is 0.332 e. The Bertz CT molecular complexity index is 295. The SMILES string of the molecule is CC(CC(O)C(=O)O)c1ccccc1. The lowest BCUT2D eigenvalue weighted by atomic mass is 9.95. The molecule has 0 saturated carbocycles. The van der Waals surface area contributed by atoms with Crippen molar-refractivity contribution >= 4 is 5.97 Å². The summed E-state index contributed by atoms with van der Waals surface area (Å²) in [5.41, 5.74) is 1.05. The van der Waals surface area contributed by atoms with Gasteiger partial charge in [0.25, 0.3) is 0 Å². The van der Waals surface area contributed by atoms with Crippen molar-refractivity contribution in [3.05, 3.63) is 35.9 Å². The third-order valence-corrected chi connectivity index (χ3v) is 2.23. The maximum absolute atomic E-state index is 10.4. The number of carbonyl (C=O) groups is 1. The molecule has 3 nitrogen and oxygen atoms in total. The minimum Gasteiger partial charge on any atom is -0.479 e. The van der Waals surface area contributed by atoms with Crippen LogP contribution in [-0.2, 0) is 4.79 Å². The highest BCUT2D eigenvalue weighted by Gasteiger charge is 2.17. The van der Waals surface area contributed by atoms with E-state index in [1.165, 1.54) is 0 Å². The summed E-state index contributed by atoms with van der Waals surface area (Å²) >= 11 is 0. The first kappa shape index (κ1) is 10.7. The lowest BCUT2D eigenvalue weighted by Crippen LogP contribution is -2.21. The molecule has 1 rings (SSSR count). The lowest BCUT2D eigenvalue weighted by molar-refractivity contribution is -0.147. The van der Waals surface area contributed by atoms with Crippen LogP contribution in [0.5, 0.6) is 0 Å². The van der Waals surface area contributed by atoms with Gasteiger partial charge in [-0.3, -0.25) is 0 Å². The van der Waals surface area contributed by atoms with Crippen molar-refractivity contribution in [2.24, 2.45) is 0 Å². The molecule has 2 unspecified atom stereocenters. The predicted octanol–water partition coefficient (Wildman–Crippen LogP) is 1.63. The summed E-state index contributed by atoms with van der Waals surface area (Å²) in [6, 6.07) is 9.57. The number of hydrogen-bond donors (Lipinski definition) is 2. The van der Waals surface area contributed by atoms with Crippen LogP contribution < -0.4 is 0 Å². The second-order valence-corrected chi connectivity index (χ2v) is 3.40. The molecule has 1 aromatic rings. The van der Waals surface area contributed by atoms with E-state index in [1.54, 1.807) is 0 Å². The van der Waals surface area contributed by atoms with Crippen LogP contribution in [0.3, 0.4) is 0 Å². The Morgan fingerprint density at radius 3 is 2.43 bits per heavy atom. The lowest BCUT2D eigenvalue weighted by Gasteiger charge is -2.13. The monoisotopic (exact) mass is 194 g/mol. The van der Waals surface area contributed by atoms with Crippen molar-refractivity contribution in [1.82, 2.24) is 0 Å². The fraction of sp³-hybridized carbons (Fsp3) is 0.364. The summed E-state index contributed by atoms with van der Waals surface area (Å²) in [4.78, 5) is 10.4. The van der Waals surface area contributed by atoms with Crippen LogP contribution >= 0.6 is 0 Å². The van der Waals surface area contributed by atoms with Gasteiger partial charge in [-0.15, -0.1) is 0 Å². The van der Waals surface area contributed by atoms with Crippen LogP contribution in [0.1, 0.15) is 24.8 Å². The van der Waals surface area contributed by atoms with E-state index in [1.807, 2.05) is 37.3 Å². The Morgan fingerprint density at radius 2 is 1.93 bits per heavy atom. The van der Waals surface area contributed by atoms with Crippen LogP contribution in [0.4, 0.5) is 0 Å². The Morgan fingerprint density at radius 1 is 1.36 bits per heavy atom. The second-order valence-electron chi connectivity index (χ2n) is 3.40. The first-order valence-electron chi connectivity index (χ1n) is 4.57. The maximum atomic E-state index is 10.4. The molecule has 14 heavy (non-hydrogen) atoms. The summed E-state index contributed by atoms with van der Waals surface area (Å²) in [6.45, 7) is 1.90. The van der Waals surface area contributed by atoms with Gasteiger partial charge in [-0.25, -0.2) is 4.79 Å². The average Bonchev–Trinajstić information content (AvgIpc) is 2.19. The van der Waals surface area contributed by atoms with Gasteiger partial charge >= 0.3 is 5.97 Å². The smallest absolute Gasteiger partial charge is 0.332 e. The first-order valence-corrected chi connectivity index (χ1v) is 4.57. The van der Waals surface area contributed by atoms with E-state index in [2.05, 4.69) is 0 Å². The highest BCUT2D eigenvalue weighted by molar-refractivity contribution is 5.71. The molecule has 2 N–H and O–H groups in total. The van der Waals surface area contributed by atoms with Gasteiger partial charge in [0, 0.05) is 0 Å². The zero-order valence-electron chi connectivity index (χ0n) is 8.05. The van der Waals surface area contributed by atoms with Gasteiger partial charge in [-0.05, 0) is 17.9 Å². The Labute approximate surface area is 83.0 Å². The number of carboxylic acid groups (broad SMARTS) is 1. The van der Waals surface area contributed by atoms with Crippen molar-refractivity contribution in [2.45, 2.75) is 25.4 Å². The number of hydrogen-bond acceptors (Lipinski definition) is 2. The standard InChI is InChI=1S/C11H14O3/c1-8(7-10(12)11(13)14)9-5-3-2-4-6-9/h2-6,8,10,12H,7H2,1H3,(H,13,14). The molecule has 0 saturated heterocycles. The quantitative estimate of drug-likeness (QED) is 0.765. The molecule has 1 aromatic carbocycles. The predicted molar refractivity (Wildman–Crippen MR) is 53.1 cm³/mol. The zero-order valence-corrected chi connectivity index (χ0v) is 8.05. The van der Waals surface area contributed by atoms with Gasteiger partial charge in [0.1, 0.15) is 0 Å². The molecule has 0 bridgehead atoms. The molecule has 0 aliphatic heterocycles. The Balaban J connectivity index is 2.59. The summed E-state index contributed by atoms with van der Waals surface area (Å²) < 4.78 is 0. The topological polar surface area (TPSA) is 57.5 Å². The van der Waals surface area contributed by atoms with Crippen LogP contribution in [0.25, 0.3) is 0 Å². The number of rotatable bonds is 4. The van der Waals surface area contributed by atoms with Crippen LogP contribution in [-0.4, -0.2) is 22.3 Å². The van der Waals surface area contributed by atoms with Gasteiger partial charge < -0.3 is 10.2 Å². The molecule has 0 aliphatic rings. The molecule has 0 spiro atoms. The number of aliphatic hydroxyl groups excluding tert-OH is 1. The number of aliphatic carboxylic acids is 1. The molecule has 0 aliphatic carbocycles. The van der Waals surface area contributed by atoms with Crippen molar-refractivity contribution in [3.8, 4) is 0 Å². The van der Waals surface area contributed by atoms with Gasteiger partial charge in [-0.1, -0.05) is 37.3 Å². The minimum atomic E-state index is -1.27. The number of benzene rings is 1. The molecule has 3 heteroatoms. The highest BCUT2D eigenvalue weighted by atomic mass is 16.4. The molecule has 0 fully saturated rings. The first-order chi connectivity index (χ1) is 6.61. The molecule has 2 atom stereocenters. The van der Waals surface area contributed by atoms with E-state index >= 15 is 0 Å². The summed E-state index contributed by atoms with van der Waals surface area (Å²) in [7, 11) is 0. The van der Waals surface area contributed by atoms with E-state index in [-0.39, 0.29) is 12.3 Å². The largest absolute Gasteiger partial charge is 0.479 e. The normalized spacial score (nSPS) is 14.7. The molecule has 0 aromatic heterocycles. The fourth-order valence-electron chi connectivity index (χ4n) is 1.35. The van der Waals surface area contributed by atoms with Crippen molar-refractivity contribution in [1.29, 1.82) is 0 Å². The van der Waals surface area contributed by atoms with Gasteiger partial charge in [0.15, 0.2) is 6.10 Å². The van der Waals surface area contributed by atoms with E-state index < -0.39 is 12.1 Å². The molecule has 0 radical (unpaired) electrons. The summed E-state index contributed by atoms with van der Waals surface area (Å²) in [5, 5.41) is 17.7. The summed E-state index contributed by atoms with van der Waals surface area (Å²) in [5.74, 6) is -1.10. The van der Waals surface area contributed by atoms with Crippen molar-refractivity contribution in [2.75, 3.05) is 0 Å². The van der Waals surface area contributed by atoms with Crippen LogP contribution in [0, 0.1) is 0 Å². The van der Waals surface area contributed by atoms with E-state index in [0.29, 0.717) is 0 Å². The third kappa shape index (κ3) is 2.85. The minimum absolute atomic E-state index is 0.0577.